The van der Waals surface area contributed by atoms with E-state index in [0.29, 0.717) is 5.02 Å². The summed E-state index contributed by atoms with van der Waals surface area (Å²) in [4.78, 5) is 0. The second-order valence-corrected chi connectivity index (χ2v) is 8.03. The molecule has 4 N–H and O–H groups in total. The fourth-order valence-electron chi connectivity index (χ4n) is 3.37. The highest BCUT2D eigenvalue weighted by molar-refractivity contribution is 9.10. The smallest absolute Gasteiger partial charge is 0.186 e. The molecule has 1 aliphatic heterocycles. The van der Waals surface area contributed by atoms with Crippen molar-refractivity contribution < 1.29 is 14.8 Å². The Morgan fingerprint density at radius 3 is 2.43 bits per heavy atom. The molecule has 3 aromatic rings. The van der Waals surface area contributed by atoms with Crippen LogP contribution in [0.15, 0.2) is 77.3 Å². The van der Waals surface area contributed by atoms with Crippen molar-refractivity contribution in [2.45, 2.75) is 12.2 Å². The molecule has 0 aromatic heterocycles. The van der Waals surface area contributed by atoms with E-state index in [1.54, 1.807) is 24.3 Å². The topological polar surface area (TPSA) is 48.9 Å². The second kappa shape index (κ2) is 7.95. The van der Waals surface area contributed by atoms with E-state index in [9.17, 15) is 9.50 Å². The lowest BCUT2D eigenvalue weighted by molar-refractivity contribution is -0.731. The number of nitrogens with one attached hydrogen (secondary N) is 1. The van der Waals surface area contributed by atoms with Crippen LogP contribution >= 0.6 is 27.5 Å². The Labute approximate surface area is 176 Å². The molecule has 0 saturated carbocycles. The molecule has 2 unspecified atom stereocenters. The van der Waals surface area contributed by atoms with Crippen LogP contribution in [-0.2, 0) is 0 Å². The summed E-state index contributed by atoms with van der Waals surface area (Å²) in [5, 5.41) is 16.7. The summed E-state index contributed by atoms with van der Waals surface area (Å²) in [7, 11) is 0. The number of phenols is 1. The molecular formula is C22H18BrClFN2O+. The molecule has 0 amide bonds. The van der Waals surface area contributed by atoms with Crippen LogP contribution < -0.4 is 10.6 Å². The standard InChI is InChI=1S/C22H17BrClFN2O/c23-15-5-10-21(28)18(11-15)20-12-19(13-1-6-16(24)7-2-13)26-22(27-20)14-3-8-17(25)9-4-14/h1-12,20,22,26-28H/p+1. The first-order chi connectivity index (χ1) is 13.5. The van der Waals surface area contributed by atoms with E-state index in [1.807, 2.05) is 30.3 Å². The Balaban J connectivity index is 1.76. The van der Waals surface area contributed by atoms with Crippen LogP contribution in [0.2, 0.25) is 5.02 Å². The van der Waals surface area contributed by atoms with E-state index in [-0.39, 0.29) is 23.8 Å². The van der Waals surface area contributed by atoms with Gasteiger partial charge in [0, 0.05) is 26.8 Å². The van der Waals surface area contributed by atoms with Crippen LogP contribution in [0, 0.1) is 5.82 Å². The predicted octanol–water partition coefficient (Wildman–Crippen LogP) is 4.89. The molecule has 142 valence electrons. The SMILES string of the molecule is Oc1ccc(Br)cc1C1C=C(c2ccc(Cl)cc2)NC(c2ccc(F)cc2)[NH2+]1. The summed E-state index contributed by atoms with van der Waals surface area (Å²) in [5.41, 5.74) is 3.66. The van der Waals surface area contributed by atoms with Gasteiger partial charge < -0.3 is 15.7 Å². The van der Waals surface area contributed by atoms with Crippen LogP contribution in [0.3, 0.4) is 0 Å². The zero-order chi connectivity index (χ0) is 19.7. The van der Waals surface area contributed by atoms with Crippen molar-refractivity contribution in [3.05, 3.63) is 105 Å². The molecule has 3 nitrogen and oxygen atoms in total. The van der Waals surface area contributed by atoms with Crippen molar-refractivity contribution in [1.29, 1.82) is 0 Å². The lowest BCUT2D eigenvalue weighted by Crippen LogP contribution is -2.89. The van der Waals surface area contributed by atoms with Crippen molar-refractivity contribution in [2.24, 2.45) is 0 Å². The van der Waals surface area contributed by atoms with Crippen LogP contribution in [0.1, 0.15) is 28.9 Å². The van der Waals surface area contributed by atoms with Gasteiger partial charge in [-0.2, -0.15) is 0 Å². The van der Waals surface area contributed by atoms with Gasteiger partial charge in [-0.3, -0.25) is 0 Å². The van der Waals surface area contributed by atoms with Gasteiger partial charge in [0.15, 0.2) is 6.17 Å². The molecule has 0 radical (unpaired) electrons. The summed E-state index contributed by atoms with van der Waals surface area (Å²) in [6, 6.07) is 19.3. The van der Waals surface area contributed by atoms with E-state index in [1.165, 1.54) is 12.1 Å². The minimum atomic E-state index is -0.269. The molecular weight excluding hydrogens is 443 g/mol. The Hall–Kier alpha value is -2.34. The maximum absolute atomic E-state index is 13.4. The predicted molar refractivity (Wildman–Crippen MR) is 112 cm³/mol. The van der Waals surface area contributed by atoms with Gasteiger partial charge in [-0.25, -0.2) is 4.39 Å². The van der Waals surface area contributed by atoms with Gasteiger partial charge >= 0.3 is 0 Å². The molecule has 0 bridgehead atoms. The van der Waals surface area contributed by atoms with E-state index < -0.39 is 0 Å². The normalized spacial score (nSPS) is 19.0. The van der Waals surface area contributed by atoms with Crippen molar-refractivity contribution in [1.82, 2.24) is 5.32 Å². The largest absolute Gasteiger partial charge is 0.507 e. The first-order valence-corrected chi connectivity index (χ1v) is 10.00. The first-order valence-electron chi connectivity index (χ1n) is 8.83. The number of quaternary nitrogens is 1. The van der Waals surface area contributed by atoms with Crippen molar-refractivity contribution >= 4 is 33.2 Å². The molecule has 28 heavy (non-hydrogen) atoms. The molecule has 0 fully saturated rings. The van der Waals surface area contributed by atoms with Crippen LogP contribution in [-0.4, -0.2) is 5.11 Å². The number of hydrogen-bond acceptors (Lipinski definition) is 2. The minimum Gasteiger partial charge on any atom is -0.507 e. The third kappa shape index (κ3) is 4.07. The molecule has 3 aromatic carbocycles. The van der Waals surface area contributed by atoms with E-state index in [4.69, 9.17) is 11.6 Å². The maximum atomic E-state index is 13.4. The molecule has 0 aliphatic carbocycles. The number of benzene rings is 3. The zero-order valence-electron chi connectivity index (χ0n) is 14.7. The van der Waals surface area contributed by atoms with Crippen molar-refractivity contribution in [3.63, 3.8) is 0 Å². The molecule has 4 rings (SSSR count). The van der Waals surface area contributed by atoms with E-state index in [2.05, 4.69) is 32.6 Å². The molecule has 1 heterocycles. The Morgan fingerprint density at radius 2 is 1.71 bits per heavy atom. The molecule has 0 spiro atoms. The van der Waals surface area contributed by atoms with Gasteiger partial charge in [0.05, 0.1) is 5.56 Å². The Morgan fingerprint density at radius 1 is 1.00 bits per heavy atom. The van der Waals surface area contributed by atoms with Gasteiger partial charge in [-0.1, -0.05) is 39.7 Å². The summed E-state index contributed by atoms with van der Waals surface area (Å²) >= 11 is 9.51. The second-order valence-electron chi connectivity index (χ2n) is 6.68. The fraction of sp³-hybridized carbons (Fsp3) is 0.0909. The van der Waals surface area contributed by atoms with Crippen LogP contribution in [0.5, 0.6) is 5.75 Å². The average molecular weight is 461 g/mol. The lowest BCUT2D eigenvalue weighted by Gasteiger charge is -2.30. The number of aromatic hydroxyl groups is 1. The van der Waals surface area contributed by atoms with Crippen molar-refractivity contribution in [3.8, 4) is 5.75 Å². The third-order valence-electron chi connectivity index (χ3n) is 4.79. The van der Waals surface area contributed by atoms with Gasteiger partial charge in [-0.15, -0.1) is 0 Å². The Bertz CT molecular complexity index is 1020. The highest BCUT2D eigenvalue weighted by atomic mass is 79.9. The first kappa shape index (κ1) is 19.0. The number of phenolic OH excluding ortho intramolecular Hbond substituents is 1. The summed E-state index contributed by atoms with van der Waals surface area (Å²) in [6.07, 6.45) is 1.93. The number of hydrogen-bond donors (Lipinski definition) is 3. The fourth-order valence-corrected chi connectivity index (χ4v) is 3.87. The average Bonchev–Trinajstić information content (AvgIpc) is 2.70. The summed E-state index contributed by atoms with van der Waals surface area (Å²) < 4.78 is 14.3. The molecule has 1 aliphatic rings. The summed E-state index contributed by atoms with van der Waals surface area (Å²) in [6.45, 7) is 0. The summed E-state index contributed by atoms with van der Waals surface area (Å²) in [5.74, 6) is -0.0369. The van der Waals surface area contributed by atoms with Gasteiger partial charge in [-0.05, 0) is 60.2 Å². The van der Waals surface area contributed by atoms with Gasteiger partial charge in [0.2, 0.25) is 0 Å². The minimum absolute atomic E-state index is 0.125. The number of halogens is 3. The van der Waals surface area contributed by atoms with Gasteiger partial charge in [0.1, 0.15) is 17.6 Å². The Kier molecular flexibility index (Phi) is 5.40. The maximum Gasteiger partial charge on any atom is 0.186 e. The van der Waals surface area contributed by atoms with E-state index in [0.717, 1.165) is 26.9 Å². The van der Waals surface area contributed by atoms with Crippen LogP contribution in [0.25, 0.3) is 5.70 Å². The molecule has 6 heteroatoms. The number of rotatable bonds is 3. The monoisotopic (exact) mass is 459 g/mol. The van der Waals surface area contributed by atoms with E-state index >= 15 is 0 Å². The molecule has 0 saturated heterocycles. The van der Waals surface area contributed by atoms with Gasteiger partial charge in [0.25, 0.3) is 0 Å². The highest BCUT2D eigenvalue weighted by Crippen LogP contribution is 2.31. The quantitative estimate of drug-likeness (QED) is 0.521. The van der Waals surface area contributed by atoms with Crippen LogP contribution in [0.4, 0.5) is 4.39 Å². The highest BCUT2D eigenvalue weighted by Gasteiger charge is 2.29. The van der Waals surface area contributed by atoms with Crippen molar-refractivity contribution in [2.75, 3.05) is 0 Å². The number of nitrogens with two attached hydrogens (primary N) is 1. The molecule has 2 atom stereocenters. The zero-order valence-corrected chi connectivity index (χ0v) is 17.1. The lowest BCUT2D eigenvalue weighted by atomic mass is 9.98. The third-order valence-corrected chi connectivity index (χ3v) is 5.54.